The number of ether oxygens (including phenoxy) is 2. The molecule has 0 aliphatic carbocycles. The van der Waals surface area contributed by atoms with Crippen LogP contribution in [-0.4, -0.2) is 89.5 Å². The van der Waals surface area contributed by atoms with Crippen LogP contribution in [0.1, 0.15) is 77.2 Å². The van der Waals surface area contributed by atoms with Crippen molar-refractivity contribution in [3.8, 4) is 5.75 Å². The van der Waals surface area contributed by atoms with Gasteiger partial charge in [0.25, 0.3) is 17.7 Å². The molecule has 1 saturated heterocycles. The summed E-state index contributed by atoms with van der Waals surface area (Å²) >= 11 is 0. The first-order valence-electron chi connectivity index (χ1n) is 13.9. The van der Waals surface area contributed by atoms with E-state index in [-0.39, 0.29) is 31.1 Å². The number of amides is 4. The maximum atomic E-state index is 14.1. The van der Waals surface area contributed by atoms with Crippen molar-refractivity contribution in [1.82, 2.24) is 15.1 Å². The van der Waals surface area contributed by atoms with E-state index in [9.17, 15) is 28.0 Å². The molecule has 1 aromatic carbocycles. The molecule has 2 aliphatic heterocycles. The number of hydrogen-bond donors (Lipinski definition) is 1. The molecule has 3 rings (SSSR count). The van der Waals surface area contributed by atoms with Crippen molar-refractivity contribution in [1.29, 1.82) is 0 Å². The van der Waals surface area contributed by atoms with E-state index in [1.807, 2.05) is 13.8 Å². The quantitative estimate of drug-likeness (QED) is 0.520. The zero-order valence-electron chi connectivity index (χ0n) is 25.2. The first-order valence-corrected chi connectivity index (χ1v) is 13.9. The van der Waals surface area contributed by atoms with Crippen molar-refractivity contribution in [2.75, 3.05) is 31.1 Å². The lowest BCUT2D eigenvalue weighted by Gasteiger charge is -2.42. The minimum absolute atomic E-state index is 0.0882. The van der Waals surface area contributed by atoms with Crippen LogP contribution in [0.2, 0.25) is 0 Å². The predicted molar refractivity (Wildman–Crippen MR) is 149 cm³/mol. The summed E-state index contributed by atoms with van der Waals surface area (Å²) in [5.41, 5.74) is -0.577. The fraction of sp³-hybridized carbons (Fsp3) is 0.655. The van der Waals surface area contributed by atoms with Gasteiger partial charge in [0.2, 0.25) is 0 Å². The number of carbonyl (C=O) groups is 4. The Hall–Kier alpha value is -3.44. The average molecular weight is 581 g/mol. The zero-order valence-corrected chi connectivity index (χ0v) is 25.2. The Labute approximate surface area is 240 Å². The van der Waals surface area contributed by atoms with E-state index in [2.05, 4.69) is 5.32 Å². The summed E-state index contributed by atoms with van der Waals surface area (Å²) in [6, 6.07) is 2.82. The first-order chi connectivity index (χ1) is 18.9. The van der Waals surface area contributed by atoms with Gasteiger partial charge in [-0.1, -0.05) is 0 Å². The molecule has 2 aliphatic rings. The van der Waals surface area contributed by atoms with Crippen LogP contribution in [0.3, 0.4) is 0 Å². The number of nitrogens with zero attached hydrogens (tertiary/aromatic N) is 3. The van der Waals surface area contributed by atoms with Gasteiger partial charge in [0.1, 0.15) is 11.4 Å². The molecule has 0 saturated carbocycles. The van der Waals surface area contributed by atoms with Crippen molar-refractivity contribution < 1.29 is 37.4 Å². The minimum Gasteiger partial charge on any atom is -0.476 e. The van der Waals surface area contributed by atoms with E-state index in [1.165, 1.54) is 4.90 Å². The Morgan fingerprint density at radius 3 is 2.46 bits per heavy atom. The molecule has 0 bridgehead atoms. The van der Waals surface area contributed by atoms with Crippen LogP contribution in [0.4, 0.5) is 19.3 Å². The van der Waals surface area contributed by atoms with Crippen LogP contribution in [0.15, 0.2) is 12.1 Å². The third kappa shape index (κ3) is 7.45. The molecule has 10 nitrogen and oxygen atoms in total. The monoisotopic (exact) mass is 580 g/mol. The Bertz CT molecular complexity index is 1180. The number of alkyl halides is 2. The van der Waals surface area contributed by atoms with Crippen LogP contribution >= 0.6 is 0 Å². The van der Waals surface area contributed by atoms with Gasteiger partial charge in [-0.25, -0.2) is 4.79 Å². The molecule has 0 unspecified atom stereocenters. The molecule has 0 radical (unpaired) electrons. The van der Waals surface area contributed by atoms with E-state index >= 15 is 0 Å². The third-order valence-electron chi connectivity index (χ3n) is 7.02. The van der Waals surface area contributed by atoms with Gasteiger partial charge < -0.3 is 29.5 Å². The SMILES string of the molecule is Cc1cc2c(cc1C(=O)N(C(C)C)[C@@H]1CCCN(C(=O)OC(C)(C)C)C1)N(CCNC(=O)C(F)F)C(=O)C(C)(C)O2. The average Bonchev–Trinajstić information content (AvgIpc) is 2.84. The van der Waals surface area contributed by atoms with E-state index in [1.54, 1.807) is 63.5 Å². The molecule has 0 aromatic heterocycles. The zero-order chi connectivity index (χ0) is 30.9. The number of anilines is 1. The van der Waals surface area contributed by atoms with E-state index in [0.717, 1.165) is 0 Å². The van der Waals surface area contributed by atoms with E-state index in [4.69, 9.17) is 9.47 Å². The Kier molecular flexibility index (Phi) is 9.54. The summed E-state index contributed by atoms with van der Waals surface area (Å²) < 4.78 is 36.9. The standard InChI is InChI=1S/C29H42F2N4O6/c1-17(2)35(19-10-9-12-33(16-19)27(39)41-28(4,5)6)25(37)20-15-21-22(14-18(20)3)40-29(7,8)26(38)34(21)13-11-32-24(36)23(30)31/h14-15,17,19,23H,9-13,16H2,1-8H3,(H,32,36)/t19-/m1/s1. The van der Waals surface area contributed by atoms with Gasteiger partial charge >= 0.3 is 12.5 Å². The Balaban J connectivity index is 1.92. The number of aryl methyl sites for hydroxylation is 1. The summed E-state index contributed by atoms with van der Waals surface area (Å²) in [5, 5.41) is 2.12. The van der Waals surface area contributed by atoms with Gasteiger partial charge in [-0.2, -0.15) is 8.78 Å². The third-order valence-corrected chi connectivity index (χ3v) is 7.02. The molecule has 1 aromatic rings. The molecule has 1 atom stereocenters. The van der Waals surface area contributed by atoms with Gasteiger partial charge in [0, 0.05) is 37.8 Å². The highest BCUT2D eigenvalue weighted by Gasteiger charge is 2.42. The highest BCUT2D eigenvalue weighted by molar-refractivity contribution is 6.05. The highest BCUT2D eigenvalue weighted by Crippen LogP contribution is 2.40. The van der Waals surface area contributed by atoms with Crippen LogP contribution in [0.25, 0.3) is 0 Å². The molecule has 0 spiro atoms. The number of likely N-dealkylation sites (tertiary alicyclic amines) is 1. The summed E-state index contributed by atoms with van der Waals surface area (Å²) in [4.78, 5) is 56.3. The lowest BCUT2D eigenvalue weighted by Crippen LogP contribution is -2.55. The molecule has 228 valence electrons. The normalized spacial score (nSPS) is 18.6. The summed E-state index contributed by atoms with van der Waals surface area (Å²) in [5.74, 6) is -1.75. The molecule has 1 N–H and O–H groups in total. The largest absolute Gasteiger partial charge is 0.476 e. The number of rotatable bonds is 7. The lowest BCUT2D eigenvalue weighted by atomic mass is 9.97. The topological polar surface area (TPSA) is 108 Å². The second-order valence-corrected chi connectivity index (χ2v) is 12.3. The van der Waals surface area contributed by atoms with E-state index in [0.29, 0.717) is 48.5 Å². The number of fused-ring (bicyclic) bond motifs is 1. The van der Waals surface area contributed by atoms with Crippen molar-refractivity contribution in [3.05, 3.63) is 23.3 Å². The number of benzene rings is 1. The number of halogens is 2. The molecule has 41 heavy (non-hydrogen) atoms. The molecular formula is C29H42F2N4O6. The fourth-order valence-corrected chi connectivity index (χ4v) is 5.17. The number of nitrogens with one attached hydrogen (secondary N) is 1. The van der Waals surface area contributed by atoms with Crippen LogP contribution in [-0.2, 0) is 14.3 Å². The van der Waals surface area contributed by atoms with Gasteiger partial charge in [-0.15, -0.1) is 0 Å². The van der Waals surface area contributed by atoms with Crippen molar-refractivity contribution in [2.45, 2.75) is 97.9 Å². The van der Waals surface area contributed by atoms with Crippen LogP contribution in [0, 0.1) is 6.92 Å². The van der Waals surface area contributed by atoms with E-state index < -0.39 is 35.5 Å². The Morgan fingerprint density at radius 1 is 1.22 bits per heavy atom. The summed E-state index contributed by atoms with van der Waals surface area (Å²) in [7, 11) is 0. The van der Waals surface area contributed by atoms with Gasteiger partial charge in [0.15, 0.2) is 5.60 Å². The maximum absolute atomic E-state index is 14.1. The fourth-order valence-electron chi connectivity index (χ4n) is 5.17. The molecule has 12 heteroatoms. The summed E-state index contributed by atoms with van der Waals surface area (Å²) in [6.45, 7) is 14.8. The smallest absolute Gasteiger partial charge is 0.410 e. The lowest BCUT2D eigenvalue weighted by molar-refractivity contribution is -0.133. The number of carbonyl (C=O) groups excluding carboxylic acids is 4. The summed E-state index contributed by atoms with van der Waals surface area (Å²) in [6.07, 6.45) is -2.17. The van der Waals surface area contributed by atoms with Crippen LogP contribution < -0.4 is 15.0 Å². The van der Waals surface area contributed by atoms with Gasteiger partial charge in [-0.05, 0) is 85.9 Å². The molecular weight excluding hydrogens is 538 g/mol. The molecule has 2 heterocycles. The Morgan fingerprint density at radius 2 is 1.88 bits per heavy atom. The number of piperidine rings is 1. The van der Waals surface area contributed by atoms with Crippen LogP contribution in [0.5, 0.6) is 5.75 Å². The van der Waals surface area contributed by atoms with Crippen molar-refractivity contribution in [2.24, 2.45) is 0 Å². The second-order valence-electron chi connectivity index (χ2n) is 12.3. The van der Waals surface area contributed by atoms with Crippen molar-refractivity contribution >= 4 is 29.5 Å². The maximum Gasteiger partial charge on any atom is 0.410 e. The number of hydrogen-bond acceptors (Lipinski definition) is 6. The van der Waals surface area contributed by atoms with Gasteiger partial charge in [0.05, 0.1) is 11.7 Å². The van der Waals surface area contributed by atoms with Crippen molar-refractivity contribution in [3.63, 3.8) is 0 Å². The minimum atomic E-state index is -3.17. The molecule has 4 amide bonds. The predicted octanol–water partition coefficient (Wildman–Crippen LogP) is 4.13. The molecule has 1 fully saturated rings. The van der Waals surface area contributed by atoms with Gasteiger partial charge in [-0.3, -0.25) is 14.4 Å². The second kappa shape index (κ2) is 12.2. The highest BCUT2D eigenvalue weighted by atomic mass is 19.3. The first kappa shape index (κ1) is 32.1.